The van der Waals surface area contributed by atoms with Gasteiger partial charge < -0.3 is 14.9 Å². The van der Waals surface area contributed by atoms with E-state index in [2.05, 4.69) is 10.9 Å². The molecule has 0 aliphatic rings. The van der Waals surface area contributed by atoms with Gasteiger partial charge in [0, 0.05) is 17.3 Å². The first kappa shape index (κ1) is 13.1. The van der Waals surface area contributed by atoms with Crippen LogP contribution in [0.25, 0.3) is 0 Å². The maximum Gasteiger partial charge on any atom is 0.148 e. The SMILES string of the molecule is C#CCOc1ccc(C(C)=NCCO)c(O)c1. The number of hydrogen-bond donors (Lipinski definition) is 2. The summed E-state index contributed by atoms with van der Waals surface area (Å²) < 4.78 is 5.18. The molecule has 0 radical (unpaired) electrons. The van der Waals surface area contributed by atoms with E-state index < -0.39 is 0 Å². The molecule has 90 valence electrons. The number of nitrogens with zero attached hydrogens (tertiary/aromatic N) is 1. The van der Waals surface area contributed by atoms with E-state index >= 15 is 0 Å². The molecule has 4 nitrogen and oxygen atoms in total. The lowest BCUT2D eigenvalue weighted by Gasteiger charge is -2.07. The average Bonchev–Trinajstić information content (AvgIpc) is 2.33. The summed E-state index contributed by atoms with van der Waals surface area (Å²) in [4.78, 5) is 4.10. The minimum atomic E-state index is -0.0124. The van der Waals surface area contributed by atoms with Crippen molar-refractivity contribution in [1.29, 1.82) is 0 Å². The fourth-order valence-corrected chi connectivity index (χ4v) is 1.34. The minimum absolute atomic E-state index is 0.0124. The zero-order valence-electron chi connectivity index (χ0n) is 9.68. The van der Waals surface area contributed by atoms with Gasteiger partial charge in [0.15, 0.2) is 0 Å². The van der Waals surface area contributed by atoms with Crippen LogP contribution < -0.4 is 4.74 Å². The molecule has 2 N–H and O–H groups in total. The molecule has 1 aromatic rings. The van der Waals surface area contributed by atoms with Gasteiger partial charge in [0.25, 0.3) is 0 Å². The van der Waals surface area contributed by atoms with Crippen molar-refractivity contribution in [2.75, 3.05) is 19.8 Å². The van der Waals surface area contributed by atoms with Crippen LogP contribution in [-0.4, -0.2) is 35.7 Å². The van der Waals surface area contributed by atoms with Crippen molar-refractivity contribution in [2.24, 2.45) is 4.99 Å². The van der Waals surface area contributed by atoms with Crippen molar-refractivity contribution >= 4 is 5.71 Å². The fourth-order valence-electron chi connectivity index (χ4n) is 1.34. The van der Waals surface area contributed by atoms with Crippen LogP contribution >= 0.6 is 0 Å². The number of rotatable bonds is 5. The van der Waals surface area contributed by atoms with Crippen LogP contribution in [0, 0.1) is 12.3 Å². The second-order valence-corrected chi connectivity index (χ2v) is 3.36. The molecule has 0 spiro atoms. The van der Waals surface area contributed by atoms with Gasteiger partial charge in [-0.2, -0.15) is 0 Å². The Morgan fingerprint density at radius 1 is 1.53 bits per heavy atom. The van der Waals surface area contributed by atoms with E-state index in [9.17, 15) is 5.11 Å². The number of hydrogen-bond acceptors (Lipinski definition) is 4. The van der Waals surface area contributed by atoms with Gasteiger partial charge in [-0.15, -0.1) is 6.42 Å². The summed E-state index contributed by atoms with van der Waals surface area (Å²) >= 11 is 0. The van der Waals surface area contributed by atoms with Crippen molar-refractivity contribution in [3.8, 4) is 23.8 Å². The zero-order chi connectivity index (χ0) is 12.7. The van der Waals surface area contributed by atoms with E-state index in [1.165, 1.54) is 6.07 Å². The number of aromatic hydroxyl groups is 1. The van der Waals surface area contributed by atoms with Crippen LogP contribution in [-0.2, 0) is 0 Å². The highest BCUT2D eigenvalue weighted by Gasteiger charge is 2.06. The van der Waals surface area contributed by atoms with Crippen LogP contribution in [0.2, 0.25) is 0 Å². The van der Waals surface area contributed by atoms with E-state index in [1.54, 1.807) is 19.1 Å². The zero-order valence-corrected chi connectivity index (χ0v) is 9.68. The Balaban J connectivity index is 2.86. The molecule has 0 aliphatic carbocycles. The van der Waals surface area contributed by atoms with E-state index in [-0.39, 0.29) is 19.0 Å². The van der Waals surface area contributed by atoms with Crippen molar-refractivity contribution in [3.63, 3.8) is 0 Å². The topological polar surface area (TPSA) is 62.0 Å². The van der Waals surface area contributed by atoms with Crippen LogP contribution in [0.1, 0.15) is 12.5 Å². The Morgan fingerprint density at radius 2 is 2.29 bits per heavy atom. The number of aliphatic imine (C=N–C) groups is 1. The van der Waals surface area contributed by atoms with Crippen LogP contribution in [0.15, 0.2) is 23.2 Å². The Labute approximate surface area is 101 Å². The quantitative estimate of drug-likeness (QED) is 0.593. The van der Waals surface area contributed by atoms with E-state index in [0.29, 0.717) is 23.6 Å². The predicted molar refractivity (Wildman–Crippen MR) is 66.6 cm³/mol. The van der Waals surface area contributed by atoms with Gasteiger partial charge in [-0.05, 0) is 19.1 Å². The molecule has 0 fully saturated rings. The Morgan fingerprint density at radius 3 is 2.88 bits per heavy atom. The third-order valence-corrected chi connectivity index (χ3v) is 2.13. The molecule has 0 aromatic heterocycles. The third kappa shape index (κ3) is 3.82. The molecular weight excluding hydrogens is 218 g/mol. The standard InChI is InChI=1S/C13H15NO3/c1-3-8-17-11-4-5-12(13(16)9-11)10(2)14-6-7-15/h1,4-5,9,15-16H,6-8H2,2H3. The van der Waals surface area contributed by atoms with Crippen molar-refractivity contribution in [3.05, 3.63) is 23.8 Å². The van der Waals surface area contributed by atoms with E-state index in [1.807, 2.05) is 0 Å². The van der Waals surface area contributed by atoms with Gasteiger partial charge in [0.2, 0.25) is 0 Å². The summed E-state index contributed by atoms with van der Waals surface area (Å²) in [7, 11) is 0. The molecule has 4 heteroatoms. The average molecular weight is 233 g/mol. The van der Waals surface area contributed by atoms with Gasteiger partial charge in [-0.3, -0.25) is 4.99 Å². The van der Waals surface area contributed by atoms with Gasteiger partial charge in [0.1, 0.15) is 18.1 Å². The fraction of sp³-hybridized carbons (Fsp3) is 0.308. The number of benzene rings is 1. The maximum atomic E-state index is 9.79. The third-order valence-electron chi connectivity index (χ3n) is 2.13. The van der Waals surface area contributed by atoms with Crippen LogP contribution in [0.5, 0.6) is 11.5 Å². The first-order valence-electron chi connectivity index (χ1n) is 5.20. The van der Waals surface area contributed by atoms with Gasteiger partial charge in [-0.1, -0.05) is 5.92 Å². The molecule has 1 rings (SSSR count). The largest absolute Gasteiger partial charge is 0.507 e. The van der Waals surface area contributed by atoms with Crippen molar-refractivity contribution < 1.29 is 14.9 Å². The number of terminal acetylenes is 1. The summed E-state index contributed by atoms with van der Waals surface area (Å²) in [5, 5.41) is 18.4. The van der Waals surface area contributed by atoms with Crippen molar-refractivity contribution in [1.82, 2.24) is 0 Å². The second-order valence-electron chi connectivity index (χ2n) is 3.36. The lowest BCUT2D eigenvalue weighted by molar-refractivity contribution is 0.307. The predicted octanol–water partition coefficient (Wildman–Crippen LogP) is 1.21. The molecule has 0 amide bonds. The lowest BCUT2D eigenvalue weighted by Crippen LogP contribution is -2.00. The summed E-state index contributed by atoms with van der Waals surface area (Å²) in [6.07, 6.45) is 5.07. The minimum Gasteiger partial charge on any atom is -0.507 e. The van der Waals surface area contributed by atoms with E-state index in [4.69, 9.17) is 16.3 Å². The van der Waals surface area contributed by atoms with Gasteiger partial charge >= 0.3 is 0 Å². The first-order chi connectivity index (χ1) is 8.19. The number of aliphatic hydroxyl groups is 1. The number of ether oxygens (including phenoxy) is 1. The molecule has 0 atom stereocenters. The highest BCUT2D eigenvalue weighted by Crippen LogP contribution is 2.24. The molecule has 0 saturated carbocycles. The molecule has 0 saturated heterocycles. The smallest absolute Gasteiger partial charge is 0.148 e. The number of aliphatic hydroxyl groups excluding tert-OH is 1. The Bertz CT molecular complexity index is 446. The molecule has 0 bridgehead atoms. The Kier molecular flexibility index (Phi) is 5.05. The van der Waals surface area contributed by atoms with Crippen molar-refractivity contribution in [2.45, 2.75) is 6.92 Å². The molecule has 17 heavy (non-hydrogen) atoms. The number of phenolic OH excluding ortho intramolecular Hbond substituents is 1. The number of phenols is 1. The van der Waals surface area contributed by atoms with Gasteiger partial charge in [-0.25, -0.2) is 0 Å². The second kappa shape index (κ2) is 6.56. The lowest BCUT2D eigenvalue weighted by atomic mass is 10.1. The van der Waals surface area contributed by atoms with Crippen LogP contribution in [0.4, 0.5) is 0 Å². The molecule has 0 aliphatic heterocycles. The van der Waals surface area contributed by atoms with E-state index in [0.717, 1.165) is 0 Å². The van der Waals surface area contributed by atoms with Crippen LogP contribution in [0.3, 0.4) is 0 Å². The summed E-state index contributed by atoms with van der Waals surface area (Å²) in [6.45, 7) is 2.24. The molecule has 0 heterocycles. The molecule has 0 unspecified atom stereocenters. The summed E-state index contributed by atoms with van der Waals surface area (Å²) in [5.74, 6) is 2.94. The highest BCUT2D eigenvalue weighted by atomic mass is 16.5. The maximum absolute atomic E-state index is 9.79. The highest BCUT2D eigenvalue weighted by molar-refractivity contribution is 6.01. The summed E-state index contributed by atoms with van der Waals surface area (Å²) in [5.41, 5.74) is 1.28. The first-order valence-corrected chi connectivity index (χ1v) is 5.20. The normalized spacial score (nSPS) is 11.0. The molecular formula is C13H15NO3. The Hall–Kier alpha value is -1.99. The monoisotopic (exact) mass is 233 g/mol. The summed E-state index contributed by atoms with van der Waals surface area (Å²) in [6, 6.07) is 4.91. The molecule has 1 aromatic carbocycles. The van der Waals surface area contributed by atoms with Gasteiger partial charge in [0.05, 0.1) is 13.2 Å².